The van der Waals surface area contributed by atoms with E-state index in [2.05, 4.69) is 25.6 Å². The number of carbonyl (C=O) groups is 1. The number of hydrogen-bond donors (Lipinski definition) is 6. The van der Waals surface area contributed by atoms with Gasteiger partial charge >= 0.3 is 6.09 Å². The lowest BCUT2D eigenvalue weighted by Gasteiger charge is -2.19. The molecule has 0 spiro atoms. The number of nitrogen functional groups attached to an aromatic ring is 1. The average Bonchev–Trinajstić information content (AvgIpc) is 3.63. The minimum absolute atomic E-state index is 0.153. The van der Waals surface area contributed by atoms with E-state index in [9.17, 15) is 20.1 Å². The number of aliphatic hydroxyl groups excluding tert-OH is 3. The minimum Gasteiger partial charge on any atom is -0.494 e. The molecule has 4 atom stereocenters. The fourth-order valence-corrected chi connectivity index (χ4v) is 5.37. The van der Waals surface area contributed by atoms with Gasteiger partial charge in [0.1, 0.15) is 37.0 Å². The number of aromatic nitrogens is 4. The van der Waals surface area contributed by atoms with E-state index < -0.39 is 37.2 Å². The van der Waals surface area contributed by atoms with Gasteiger partial charge in [-0.2, -0.15) is 0 Å². The second-order valence-corrected chi connectivity index (χ2v) is 11.2. The largest absolute Gasteiger partial charge is 0.494 e. The van der Waals surface area contributed by atoms with Crippen LogP contribution in [0.15, 0.2) is 85.2 Å². The van der Waals surface area contributed by atoms with Gasteiger partial charge in [0, 0.05) is 13.1 Å². The van der Waals surface area contributed by atoms with Gasteiger partial charge in [0.15, 0.2) is 23.2 Å². The molecule has 0 aliphatic carbocycles. The van der Waals surface area contributed by atoms with Crippen LogP contribution in [0.2, 0.25) is 0 Å². The van der Waals surface area contributed by atoms with E-state index in [0.717, 1.165) is 28.0 Å². The molecular formula is C34H37N7O7. The van der Waals surface area contributed by atoms with Crippen LogP contribution < -0.4 is 21.1 Å². The Morgan fingerprint density at radius 1 is 0.958 bits per heavy atom. The van der Waals surface area contributed by atoms with Crippen molar-refractivity contribution in [3.8, 4) is 16.9 Å². The number of nitrogens with one attached hydrogen (secondary N) is 2. The van der Waals surface area contributed by atoms with E-state index in [0.29, 0.717) is 43.2 Å². The van der Waals surface area contributed by atoms with Crippen molar-refractivity contribution in [1.29, 1.82) is 0 Å². The van der Waals surface area contributed by atoms with Crippen LogP contribution in [0.1, 0.15) is 23.8 Å². The number of fused-ring (bicyclic) bond motifs is 1. The minimum atomic E-state index is -1.33. The van der Waals surface area contributed by atoms with E-state index in [1.165, 1.54) is 10.9 Å². The number of aliphatic hydroxyl groups is 3. The van der Waals surface area contributed by atoms with Crippen LogP contribution in [0, 0.1) is 0 Å². The number of nitrogens with zero attached hydrogens (tertiary/aromatic N) is 4. The highest BCUT2D eigenvalue weighted by molar-refractivity contribution is 5.84. The first-order valence-electron chi connectivity index (χ1n) is 15.5. The topological polar surface area (TPSA) is 199 Å². The maximum Gasteiger partial charge on any atom is 0.407 e. The normalized spacial score (nSPS) is 18.9. The van der Waals surface area contributed by atoms with Crippen molar-refractivity contribution < 1.29 is 34.3 Å². The van der Waals surface area contributed by atoms with Crippen LogP contribution in [0.5, 0.6) is 5.75 Å². The zero-order chi connectivity index (χ0) is 33.5. The third-order valence-corrected chi connectivity index (χ3v) is 7.92. The first-order chi connectivity index (χ1) is 23.4. The summed E-state index contributed by atoms with van der Waals surface area (Å²) in [7, 11) is 0. The number of ether oxygens (including phenoxy) is 3. The number of rotatable bonds is 13. The summed E-state index contributed by atoms with van der Waals surface area (Å²) >= 11 is 0. The van der Waals surface area contributed by atoms with Crippen molar-refractivity contribution >= 4 is 29.0 Å². The Bertz CT molecular complexity index is 1820. The zero-order valence-electron chi connectivity index (χ0n) is 26.0. The number of alkyl carbamates (subject to hydrolysis) is 1. The number of anilines is 2. The summed E-state index contributed by atoms with van der Waals surface area (Å²) < 4.78 is 18.4. The Morgan fingerprint density at radius 3 is 2.54 bits per heavy atom. The van der Waals surface area contributed by atoms with Crippen molar-refractivity contribution in [2.45, 2.75) is 44.1 Å². The van der Waals surface area contributed by atoms with Crippen molar-refractivity contribution in [3.05, 3.63) is 96.3 Å². The summed E-state index contributed by atoms with van der Waals surface area (Å²) in [5.41, 5.74) is 10.5. The molecule has 2 aromatic heterocycles. The maximum absolute atomic E-state index is 11.9. The molecule has 5 aromatic rings. The SMILES string of the molecule is Nc1ncnc2c1nc(NCc1ccc(-c3cccc(OCCCNC(=O)OCc4ccccc4)c3)cc1)n2[C@@H]1O[C@H](CO)[C@@H](O)[C@H]1O. The Hall–Kier alpha value is -5.28. The number of carbonyl (C=O) groups excluding carboxylic acids is 1. The highest BCUT2D eigenvalue weighted by Crippen LogP contribution is 2.35. The highest BCUT2D eigenvalue weighted by atomic mass is 16.6. The first-order valence-corrected chi connectivity index (χ1v) is 15.5. The van der Waals surface area contributed by atoms with E-state index in [-0.39, 0.29) is 12.4 Å². The molecule has 48 heavy (non-hydrogen) atoms. The molecule has 14 heteroatoms. The number of benzene rings is 3. The third kappa shape index (κ3) is 7.47. The summed E-state index contributed by atoms with van der Waals surface area (Å²) in [6, 6.07) is 25.2. The van der Waals surface area contributed by atoms with Crippen molar-refractivity contribution in [3.63, 3.8) is 0 Å². The van der Waals surface area contributed by atoms with Crippen LogP contribution in [0.3, 0.4) is 0 Å². The predicted molar refractivity (Wildman–Crippen MR) is 177 cm³/mol. The second-order valence-electron chi connectivity index (χ2n) is 11.2. The van der Waals surface area contributed by atoms with Gasteiger partial charge < -0.3 is 45.9 Å². The summed E-state index contributed by atoms with van der Waals surface area (Å²) in [5, 5.41) is 36.6. The average molecular weight is 656 g/mol. The molecule has 0 radical (unpaired) electrons. The van der Waals surface area contributed by atoms with Crippen LogP contribution >= 0.6 is 0 Å². The molecule has 1 saturated heterocycles. The van der Waals surface area contributed by atoms with Crippen molar-refractivity contribution in [2.24, 2.45) is 0 Å². The Morgan fingerprint density at radius 2 is 1.77 bits per heavy atom. The Balaban J connectivity index is 1.03. The molecule has 3 heterocycles. The van der Waals surface area contributed by atoms with Crippen LogP contribution in [0.25, 0.3) is 22.3 Å². The molecule has 14 nitrogen and oxygen atoms in total. The number of hydrogen-bond acceptors (Lipinski definition) is 12. The summed E-state index contributed by atoms with van der Waals surface area (Å²) in [4.78, 5) is 24.8. The van der Waals surface area contributed by atoms with Gasteiger partial charge in [-0.3, -0.25) is 4.57 Å². The molecule has 1 aliphatic heterocycles. The van der Waals surface area contributed by atoms with E-state index in [1.807, 2.05) is 78.9 Å². The fraction of sp³-hybridized carbons (Fsp3) is 0.294. The van der Waals surface area contributed by atoms with Crippen molar-refractivity contribution in [2.75, 3.05) is 30.8 Å². The van der Waals surface area contributed by atoms with E-state index in [1.54, 1.807) is 0 Å². The van der Waals surface area contributed by atoms with Crippen LogP contribution in [0.4, 0.5) is 16.6 Å². The van der Waals surface area contributed by atoms with Gasteiger partial charge in [-0.1, -0.05) is 66.7 Å². The number of amides is 1. The monoisotopic (exact) mass is 655 g/mol. The van der Waals surface area contributed by atoms with E-state index >= 15 is 0 Å². The molecule has 1 amide bonds. The lowest BCUT2D eigenvalue weighted by Crippen LogP contribution is -2.33. The second kappa shape index (κ2) is 15.1. The molecule has 1 fully saturated rings. The predicted octanol–water partition coefficient (Wildman–Crippen LogP) is 2.99. The van der Waals surface area contributed by atoms with E-state index in [4.69, 9.17) is 19.9 Å². The zero-order valence-corrected chi connectivity index (χ0v) is 26.0. The van der Waals surface area contributed by atoms with Crippen LogP contribution in [-0.4, -0.2) is 79.0 Å². The quantitative estimate of drug-likeness (QED) is 0.102. The van der Waals surface area contributed by atoms with Gasteiger partial charge in [-0.25, -0.2) is 19.7 Å². The highest BCUT2D eigenvalue weighted by Gasteiger charge is 2.45. The van der Waals surface area contributed by atoms with Gasteiger partial charge in [0.2, 0.25) is 5.95 Å². The van der Waals surface area contributed by atoms with Gasteiger partial charge in [0.05, 0.1) is 13.2 Å². The smallest absolute Gasteiger partial charge is 0.407 e. The van der Waals surface area contributed by atoms with Gasteiger partial charge in [0.25, 0.3) is 0 Å². The lowest BCUT2D eigenvalue weighted by atomic mass is 10.0. The lowest BCUT2D eigenvalue weighted by molar-refractivity contribution is -0.0501. The standard InChI is InChI=1S/C34H37N7O7/c35-30-27-31(39-20-38-30)41(32-29(44)28(43)26(18-42)48-32)33(40-27)37-17-21-10-12-23(13-11-21)24-8-4-9-25(16-24)46-15-5-14-36-34(45)47-19-22-6-2-1-3-7-22/h1-4,6-13,16,20,26,28-29,32,42-44H,5,14-15,17-19H2,(H,36,45)(H,37,40)(H2,35,38,39)/t26-,28-,29-,32-/m1/s1. The van der Waals surface area contributed by atoms with Gasteiger partial charge in [-0.15, -0.1) is 0 Å². The molecule has 250 valence electrons. The summed E-state index contributed by atoms with van der Waals surface area (Å²) in [5.74, 6) is 1.18. The third-order valence-electron chi connectivity index (χ3n) is 7.92. The molecule has 0 unspecified atom stereocenters. The molecule has 7 N–H and O–H groups in total. The summed E-state index contributed by atoms with van der Waals surface area (Å²) in [6.07, 6.45) is -3.22. The number of nitrogens with two attached hydrogens (primary N) is 1. The fourth-order valence-electron chi connectivity index (χ4n) is 5.37. The van der Waals surface area contributed by atoms with Crippen LogP contribution in [-0.2, 0) is 22.6 Å². The molecule has 0 bridgehead atoms. The summed E-state index contributed by atoms with van der Waals surface area (Å²) in [6.45, 7) is 0.980. The molecule has 1 aliphatic rings. The number of imidazole rings is 1. The van der Waals surface area contributed by atoms with Gasteiger partial charge in [-0.05, 0) is 40.8 Å². The molecule has 3 aromatic carbocycles. The molecule has 0 saturated carbocycles. The Labute approximate surface area is 276 Å². The first kappa shape index (κ1) is 32.7. The maximum atomic E-state index is 11.9. The molecule has 6 rings (SSSR count). The molecular weight excluding hydrogens is 618 g/mol. The Kier molecular flexibility index (Phi) is 10.3. The van der Waals surface area contributed by atoms with Crippen molar-refractivity contribution in [1.82, 2.24) is 24.8 Å².